The van der Waals surface area contributed by atoms with E-state index in [1.165, 1.54) is 0 Å². The molecule has 2 rings (SSSR count). The normalized spacial score (nSPS) is 16.6. The number of aryl methyl sites for hydroxylation is 1. The largest absolute Gasteiger partial charge is 0.478 e. The van der Waals surface area contributed by atoms with E-state index in [1.54, 1.807) is 0 Å². The van der Waals surface area contributed by atoms with Gasteiger partial charge in [-0.2, -0.15) is 0 Å². The number of carbonyl (C=O) groups is 2. The second kappa shape index (κ2) is 5.27. The van der Waals surface area contributed by atoms with Gasteiger partial charge in [0.05, 0.1) is 6.08 Å². The van der Waals surface area contributed by atoms with Crippen molar-refractivity contribution >= 4 is 17.8 Å². The van der Waals surface area contributed by atoms with Crippen molar-refractivity contribution in [2.45, 2.75) is 12.8 Å². The summed E-state index contributed by atoms with van der Waals surface area (Å²) >= 11 is 0. The average Bonchev–Trinajstić information content (AvgIpc) is 2.68. The monoisotopic (exact) mass is 245 g/mol. The second-order valence-electron chi connectivity index (χ2n) is 3.75. The molecule has 1 aliphatic heterocycles. The zero-order valence-electron chi connectivity index (χ0n) is 9.50. The van der Waals surface area contributed by atoms with E-state index in [0.717, 1.165) is 11.6 Å². The Morgan fingerprint density at radius 1 is 1.28 bits per heavy atom. The Labute approximate surface area is 103 Å². The number of carbonyl (C=O) groups excluding carboxylic acids is 1. The van der Waals surface area contributed by atoms with Crippen molar-refractivity contribution in [3.63, 3.8) is 0 Å². The molecule has 1 N–H and O–H groups in total. The van der Waals surface area contributed by atoms with Crippen molar-refractivity contribution in [2.24, 2.45) is 4.99 Å². The average molecular weight is 245 g/mol. The van der Waals surface area contributed by atoms with Gasteiger partial charge in [0.25, 0.3) is 0 Å². The number of hydrogen-bond acceptors (Lipinski definition) is 4. The number of cyclic esters (lactones) is 1. The molecule has 0 aliphatic carbocycles. The van der Waals surface area contributed by atoms with E-state index in [1.807, 2.05) is 30.3 Å². The molecule has 1 aromatic rings. The number of carboxylic acid groups (broad SMARTS) is 1. The van der Waals surface area contributed by atoms with Gasteiger partial charge in [0.2, 0.25) is 0 Å². The molecule has 5 heteroatoms. The van der Waals surface area contributed by atoms with Gasteiger partial charge < -0.3 is 9.84 Å². The van der Waals surface area contributed by atoms with Gasteiger partial charge >= 0.3 is 11.9 Å². The summed E-state index contributed by atoms with van der Waals surface area (Å²) < 4.78 is 4.88. The summed E-state index contributed by atoms with van der Waals surface area (Å²) in [4.78, 5) is 25.5. The number of benzene rings is 1. The first kappa shape index (κ1) is 12.0. The van der Waals surface area contributed by atoms with Crippen LogP contribution in [-0.4, -0.2) is 22.9 Å². The van der Waals surface area contributed by atoms with Crippen LogP contribution in [0.4, 0.5) is 0 Å². The molecule has 1 aromatic carbocycles. The van der Waals surface area contributed by atoms with Crippen LogP contribution in [0.2, 0.25) is 0 Å². The first-order valence-electron chi connectivity index (χ1n) is 5.43. The van der Waals surface area contributed by atoms with Crippen molar-refractivity contribution in [1.29, 1.82) is 0 Å². The van der Waals surface area contributed by atoms with Crippen molar-refractivity contribution in [2.75, 3.05) is 0 Å². The molecule has 1 aliphatic rings. The van der Waals surface area contributed by atoms with Crippen molar-refractivity contribution < 1.29 is 19.4 Å². The molecule has 92 valence electrons. The van der Waals surface area contributed by atoms with Crippen LogP contribution in [-0.2, 0) is 20.7 Å². The first-order chi connectivity index (χ1) is 8.65. The van der Waals surface area contributed by atoms with Crippen LogP contribution >= 0.6 is 0 Å². The number of esters is 1. The Morgan fingerprint density at radius 3 is 2.67 bits per heavy atom. The van der Waals surface area contributed by atoms with Gasteiger partial charge in [-0.25, -0.2) is 14.6 Å². The Bertz CT molecular complexity index is 531. The Balaban J connectivity index is 1.99. The van der Waals surface area contributed by atoms with E-state index in [-0.39, 0.29) is 11.6 Å². The highest BCUT2D eigenvalue weighted by Gasteiger charge is 2.23. The van der Waals surface area contributed by atoms with E-state index in [9.17, 15) is 9.59 Å². The quantitative estimate of drug-likeness (QED) is 0.645. The molecule has 0 unspecified atom stereocenters. The lowest BCUT2D eigenvalue weighted by molar-refractivity contribution is -0.133. The molecule has 0 bridgehead atoms. The highest BCUT2D eigenvalue weighted by molar-refractivity contribution is 6.07. The maximum absolute atomic E-state index is 11.3. The third-order valence-corrected chi connectivity index (χ3v) is 2.40. The van der Waals surface area contributed by atoms with Crippen molar-refractivity contribution in [3.8, 4) is 0 Å². The van der Waals surface area contributed by atoms with E-state index in [2.05, 4.69) is 4.99 Å². The zero-order chi connectivity index (χ0) is 13.0. The Kier molecular flexibility index (Phi) is 3.52. The predicted molar refractivity (Wildman–Crippen MR) is 64.0 cm³/mol. The van der Waals surface area contributed by atoms with Gasteiger partial charge in [-0.3, -0.25) is 0 Å². The van der Waals surface area contributed by atoms with E-state index < -0.39 is 11.9 Å². The number of aliphatic imine (C=N–C) groups is 1. The molecule has 0 atom stereocenters. The molecule has 0 saturated heterocycles. The number of hydrogen-bond donors (Lipinski definition) is 1. The fourth-order valence-corrected chi connectivity index (χ4v) is 1.57. The van der Waals surface area contributed by atoms with Crippen LogP contribution in [0.1, 0.15) is 12.0 Å². The van der Waals surface area contributed by atoms with Gasteiger partial charge in [-0.05, 0) is 12.0 Å². The Hall–Kier alpha value is -2.43. The van der Waals surface area contributed by atoms with Gasteiger partial charge in [-0.15, -0.1) is 0 Å². The summed E-state index contributed by atoms with van der Waals surface area (Å²) in [5.41, 5.74) is 0.942. The van der Waals surface area contributed by atoms with Gasteiger partial charge in [0, 0.05) is 6.42 Å². The lowest BCUT2D eigenvalue weighted by atomic mass is 10.1. The SMILES string of the molecule is O=C(O)/C=C1/N=C(CCc2ccccc2)OC1=O. The minimum absolute atomic E-state index is 0.162. The van der Waals surface area contributed by atoms with Crippen molar-refractivity contribution in [3.05, 3.63) is 47.7 Å². The van der Waals surface area contributed by atoms with E-state index in [0.29, 0.717) is 12.8 Å². The third-order valence-electron chi connectivity index (χ3n) is 2.40. The van der Waals surface area contributed by atoms with Gasteiger partial charge in [-0.1, -0.05) is 30.3 Å². The van der Waals surface area contributed by atoms with E-state index in [4.69, 9.17) is 9.84 Å². The Morgan fingerprint density at radius 2 is 2.00 bits per heavy atom. The standard InChI is InChI=1S/C13H11NO4/c15-12(16)8-10-13(17)18-11(14-10)7-6-9-4-2-1-3-5-9/h1-5,8H,6-7H2,(H,15,16)/b10-8+. The maximum atomic E-state index is 11.3. The summed E-state index contributed by atoms with van der Waals surface area (Å²) in [5, 5.41) is 8.53. The van der Waals surface area contributed by atoms with Crippen LogP contribution in [0, 0.1) is 0 Å². The minimum atomic E-state index is -1.21. The van der Waals surface area contributed by atoms with Crippen LogP contribution in [0.15, 0.2) is 47.1 Å². The number of carboxylic acids is 1. The smallest absolute Gasteiger partial charge is 0.363 e. The highest BCUT2D eigenvalue weighted by Crippen LogP contribution is 2.14. The fourth-order valence-electron chi connectivity index (χ4n) is 1.57. The molecule has 18 heavy (non-hydrogen) atoms. The van der Waals surface area contributed by atoms with Gasteiger partial charge in [0.15, 0.2) is 11.6 Å². The molecular formula is C13H11NO4. The fraction of sp³-hybridized carbons (Fsp3) is 0.154. The molecule has 0 amide bonds. The van der Waals surface area contributed by atoms with Crippen LogP contribution in [0.25, 0.3) is 0 Å². The van der Waals surface area contributed by atoms with Crippen molar-refractivity contribution in [1.82, 2.24) is 0 Å². The number of rotatable bonds is 4. The lowest BCUT2D eigenvalue weighted by Crippen LogP contribution is -2.05. The molecule has 1 heterocycles. The molecule has 0 radical (unpaired) electrons. The molecule has 0 saturated carbocycles. The van der Waals surface area contributed by atoms with Crippen LogP contribution in [0.5, 0.6) is 0 Å². The summed E-state index contributed by atoms with van der Waals surface area (Å²) in [6, 6.07) is 9.70. The number of aliphatic carboxylic acids is 1. The summed E-state index contributed by atoms with van der Waals surface area (Å²) in [6.07, 6.45) is 1.90. The minimum Gasteiger partial charge on any atom is -0.478 e. The topological polar surface area (TPSA) is 76.0 Å². The molecule has 5 nitrogen and oxygen atoms in total. The highest BCUT2D eigenvalue weighted by atomic mass is 16.6. The number of nitrogens with zero attached hydrogens (tertiary/aromatic N) is 1. The zero-order valence-corrected chi connectivity index (χ0v) is 9.50. The van der Waals surface area contributed by atoms with E-state index >= 15 is 0 Å². The van der Waals surface area contributed by atoms with Gasteiger partial charge in [0.1, 0.15) is 0 Å². The van der Waals surface area contributed by atoms with Crippen LogP contribution < -0.4 is 0 Å². The molecule has 0 fully saturated rings. The molecule has 0 spiro atoms. The summed E-state index contributed by atoms with van der Waals surface area (Å²) in [5.74, 6) is -1.66. The first-order valence-corrected chi connectivity index (χ1v) is 5.43. The summed E-state index contributed by atoms with van der Waals surface area (Å²) in [6.45, 7) is 0. The second-order valence-corrected chi connectivity index (χ2v) is 3.75. The summed E-state index contributed by atoms with van der Waals surface area (Å²) in [7, 11) is 0. The third kappa shape index (κ3) is 3.04. The molecular weight excluding hydrogens is 234 g/mol. The maximum Gasteiger partial charge on any atom is 0.363 e. The predicted octanol–water partition coefficient (Wildman–Crippen LogP) is 1.54. The van der Waals surface area contributed by atoms with Crippen LogP contribution in [0.3, 0.4) is 0 Å². The lowest BCUT2D eigenvalue weighted by Gasteiger charge is -1.99. The molecule has 0 aromatic heterocycles. The number of ether oxygens (including phenoxy) is 1.